The highest BCUT2D eigenvalue weighted by Crippen LogP contribution is 2.12. The Kier molecular flexibility index (Phi) is 9.86. The predicted octanol–water partition coefficient (Wildman–Crippen LogP) is 0.715. The lowest BCUT2D eigenvalue weighted by Crippen LogP contribution is -2.46. The van der Waals surface area contributed by atoms with Gasteiger partial charge in [-0.1, -0.05) is 13.3 Å². The summed E-state index contributed by atoms with van der Waals surface area (Å²) in [5.74, 6) is -0.738. The van der Waals surface area contributed by atoms with Crippen molar-refractivity contribution < 1.29 is 28.8 Å². The minimum atomic E-state index is -1.42. The summed E-state index contributed by atoms with van der Waals surface area (Å²) in [5.41, 5.74) is 0. The fourth-order valence-electron chi connectivity index (χ4n) is 1.41. The average Bonchev–Trinajstić information content (AvgIpc) is 2.37. The third kappa shape index (κ3) is 5.77. The monoisotopic (exact) mass is 264 g/mol. The molecule has 0 aromatic carbocycles. The first-order valence-corrected chi connectivity index (χ1v) is 6.14. The zero-order chi connectivity index (χ0) is 14.0. The second kappa shape index (κ2) is 10.3. The Morgan fingerprint density at radius 1 is 1.22 bits per heavy atom. The van der Waals surface area contributed by atoms with Gasteiger partial charge in [-0.05, 0) is 13.3 Å². The molecule has 0 aliphatic heterocycles. The van der Waals surface area contributed by atoms with E-state index in [1.165, 1.54) is 14.2 Å². The molecule has 0 heterocycles. The second-order valence-corrected chi connectivity index (χ2v) is 3.73. The van der Waals surface area contributed by atoms with Crippen LogP contribution in [0.2, 0.25) is 0 Å². The van der Waals surface area contributed by atoms with E-state index in [9.17, 15) is 9.90 Å². The maximum atomic E-state index is 11.5. The van der Waals surface area contributed by atoms with Crippen molar-refractivity contribution in [3.63, 3.8) is 0 Å². The number of hydrogen-bond donors (Lipinski definition) is 1. The molecule has 0 rings (SSSR count). The van der Waals surface area contributed by atoms with E-state index in [0.717, 1.165) is 12.8 Å². The highest BCUT2D eigenvalue weighted by atomic mass is 16.7. The zero-order valence-electron chi connectivity index (χ0n) is 11.5. The third-order valence-corrected chi connectivity index (χ3v) is 2.38. The molecule has 6 nitrogen and oxygen atoms in total. The smallest absolute Gasteiger partial charge is 0.337 e. The van der Waals surface area contributed by atoms with Crippen molar-refractivity contribution in [2.75, 3.05) is 27.4 Å². The van der Waals surface area contributed by atoms with Crippen LogP contribution in [0.1, 0.15) is 26.7 Å². The fourth-order valence-corrected chi connectivity index (χ4v) is 1.41. The van der Waals surface area contributed by atoms with Crippen molar-refractivity contribution >= 4 is 5.97 Å². The molecule has 0 fully saturated rings. The van der Waals surface area contributed by atoms with Gasteiger partial charge in [0.05, 0.1) is 6.61 Å². The molecular formula is C12H24O6. The van der Waals surface area contributed by atoms with Gasteiger partial charge in [0, 0.05) is 20.8 Å². The first kappa shape index (κ1) is 17.3. The summed E-state index contributed by atoms with van der Waals surface area (Å²) in [6.45, 7) is 4.30. The number of aliphatic hydroxyl groups is 1. The molecule has 0 aliphatic carbocycles. The average molecular weight is 264 g/mol. The highest BCUT2D eigenvalue weighted by Gasteiger charge is 2.35. The number of aliphatic hydroxyl groups excluding tert-OH is 1. The molecule has 0 unspecified atom stereocenters. The molecule has 18 heavy (non-hydrogen) atoms. The molecule has 0 aliphatic rings. The van der Waals surface area contributed by atoms with Gasteiger partial charge >= 0.3 is 5.97 Å². The summed E-state index contributed by atoms with van der Waals surface area (Å²) in [6.07, 6.45) is -1.36. The van der Waals surface area contributed by atoms with Crippen LogP contribution in [0.5, 0.6) is 0 Å². The van der Waals surface area contributed by atoms with Crippen LogP contribution < -0.4 is 0 Å². The molecule has 0 saturated heterocycles. The van der Waals surface area contributed by atoms with E-state index >= 15 is 0 Å². The number of carbonyl (C=O) groups excluding carboxylic acids is 1. The summed E-state index contributed by atoms with van der Waals surface area (Å²) < 4.78 is 20.3. The number of unbranched alkanes of at least 4 members (excludes halogenated alkanes) is 1. The quantitative estimate of drug-likeness (QED) is 0.356. The van der Waals surface area contributed by atoms with Crippen LogP contribution in [0.25, 0.3) is 0 Å². The molecule has 0 saturated carbocycles. The Labute approximate surface area is 108 Å². The molecule has 2 atom stereocenters. The Morgan fingerprint density at radius 2 is 1.83 bits per heavy atom. The largest absolute Gasteiger partial charge is 0.464 e. The Hall–Kier alpha value is -0.690. The molecule has 0 aromatic heterocycles. The van der Waals surface area contributed by atoms with Gasteiger partial charge in [0.1, 0.15) is 6.10 Å². The second-order valence-electron chi connectivity index (χ2n) is 3.73. The molecule has 108 valence electrons. The molecule has 6 heteroatoms. The first-order chi connectivity index (χ1) is 8.62. The van der Waals surface area contributed by atoms with Gasteiger partial charge in [-0.2, -0.15) is 0 Å². The zero-order valence-corrected chi connectivity index (χ0v) is 11.5. The van der Waals surface area contributed by atoms with Crippen molar-refractivity contribution in [1.29, 1.82) is 0 Å². The normalized spacial score (nSPS) is 14.6. The van der Waals surface area contributed by atoms with Crippen LogP contribution >= 0.6 is 0 Å². The lowest BCUT2D eigenvalue weighted by atomic mass is 10.2. The van der Waals surface area contributed by atoms with Crippen LogP contribution in [0, 0.1) is 0 Å². The summed E-state index contributed by atoms with van der Waals surface area (Å²) in [7, 11) is 2.84. The number of rotatable bonds is 10. The molecule has 0 amide bonds. The standard InChI is InChI=1S/C12H24O6/c1-5-7-8-18-10(12(15-3)16-4)9(13)11(14)17-6-2/h9-10,12-13H,5-8H2,1-4H3/t9-,10+/m1/s1. The molecule has 0 radical (unpaired) electrons. The van der Waals surface area contributed by atoms with Crippen molar-refractivity contribution in [1.82, 2.24) is 0 Å². The third-order valence-electron chi connectivity index (χ3n) is 2.38. The van der Waals surface area contributed by atoms with Gasteiger partial charge in [-0.3, -0.25) is 0 Å². The van der Waals surface area contributed by atoms with Gasteiger partial charge in [0.15, 0.2) is 12.4 Å². The minimum Gasteiger partial charge on any atom is -0.464 e. The van der Waals surface area contributed by atoms with Crippen LogP contribution in [0.15, 0.2) is 0 Å². The van der Waals surface area contributed by atoms with Gasteiger partial charge in [-0.15, -0.1) is 0 Å². The summed E-state index contributed by atoms with van der Waals surface area (Å²) >= 11 is 0. The minimum absolute atomic E-state index is 0.197. The number of hydrogen-bond acceptors (Lipinski definition) is 6. The van der Waals surface area contributed by atoms with Crippen molar-refractivity contribution in [2.24, 2.45) is 0 Å². The van der Waals surface area contributed by atoms with Gasteiger partial charge in [0.2, 0.25) is 0 Å². The lowest BCUT2D eigenvalue weighted by molar-refractivity contribution is -0.215. The molecule has 1 N–H and O–H groups in total. The van der Waals surface area contributed by atoms with Crippen molar-refractivity contribution in [2.45, 2.75) is 45.2 Å². The van der Waals surface area contributed by atoms with Crippen LogP contribution in [0.4, 0.5) is 0 Å². The lowest BCUT2D eigenvalue weighted by Gasteiger charge is -2.27. The number of ether oxygens (including phenoxy) is 4. The van der Waals surface area contributed by atoms with E-state index in [1.54, 1.807) is 6.92 Å². The Morgan fingerprint density at radius 3 is 2.28 bits per heavy atom. The van der Waals surface area contributed by atoms with Crippen LogP contribution in [0.3, 0.4) is 0 Å². The molecule has 0 aromatic rings. The number of esters is 1. The van der Waals surface area contributed by atoms with E-state index in [2.05, 4.69) is 0 Å². The summed E-state index contributed by atoms with van der Waals surface area (Å²) in [6, 6.07) is 0. The van der Waals surface area contributed by atoms with Gasteiger partial charge in [-0.25, -0.2) is 4.79 Å². The topological polar surface area (TPSA) is 74.2 Å². The Bertz CT molecular complexity index is 217. The maximum Gasteiger partial charge on any atom is 0.337 e. The van der Waals surface area contributed by atoms with E-state index in [-0.39, 0.29) is 6.61 Å². The van der Waals surface area contributed by atoms with E-state index < -0.39 is 24.5 Å². The van der Waals surface area contributed by atoms with E-state index in [1.807, 2.05) is 6.92 Å². The number of carbonyl (C=O) groups is 1. The summed E-state index contributed by atoms with van der Waals surface area (Å²) in [5, 5.41) is 9.88. The van der Waals surface area contributed by atoms with Gasteiger partial charge in [0.25, 0.3) is 0 Å². The highest BCUT2D eigenvalue weighted by molar-refractivity contribution is 5.75. The fraction of sp³-hybridized carbons (Fsp3) is 0.917. The molecule has 0 bridgehead atoms. The molecular weight excluding hydrogens is 240 g/mol. The van der Waals surface area contributed by atoms with E-state index in [0.29, 0.717) is 6.61 Å². The Balaban J connectivity index is 4.56. The maximum absolute atomic E-state index is 11.5. The van der Waals surface area contributed by atoms with Crippen LogP contribution in [-0.2, 0) is 23.7 Å². The number of methoxy groups -OCH3 is 2. The van der Waals surface area contributed by atoms with Gasteiger partial charge < -0.3 is 24.1 Å². The van der Waals surface area contributed by atoms with Crippen LogP contribution in [-0.4, -0.2) is 57.0 Å². The predicted molar refractivity (Wildman–Crippen MR) is 65.1 cm³/mol. The first-order valence-electron chi connectivity index (χ1n) is 6.14. The molecule has 0 spiro atoms. The SMILES string of the molecule is CCCCO[C@H](C(OC)OC)[C@@H](O)C(=O)OCC. The van der Waals surface area contributed by atoms with Crippen molar-refractivity contribution in [3.05, 3.63) is 0 Å². The van der Waals surface area contributed by atoms with Crippen molar-refractivity contribution in [3.8, 4) is 0 Å². The van der Waals surface area contributed by atoms with E-state index in [4.69, 9.17) is 18.9 Å². The summed E-state index contributed by atoms with van der Waals surface area (Å²) in [4.78, 5) is 11.5.